The molecule has 0 aliphatic rings. The summed E-state index contributed by atoms with van der Waals surface area (Å²) in [5.74, 6) is 1.32. The van der Waals surface area contributed by atoms with Crippen LogP contribution in [0.1, 0.15) is 19.2 Å². The molecule has 2 heterocycles. The van der Waals surface area contributed by atoms with E-state index < -0.39 is 0 Å². The van der Waals surface area contributed by atoms with Gasteiger partial charge >= 0.3 is 0 Å². The van der Waals surface area contributed by atoms with Gasteiger partial charge in [0.15, 0.2) is 18.8 Å². The molecule has 0 saturated heterocycles. The van der Waals surface area contributed by atoms with Gasteiger partial charge in [-0.25, -0.2) is 0 Å². The molecule has 7 heteroatoms. The molecule has 29 heavy (non-hydrogen) atoms. The number of anilines is 1. The van der Waals surface area contributed by atoms with Gasteiger partial charge in [0.2, 0.25) is 0 Å². The van der Waals surface area contributed by atoms with Gasteiger partial charge in [-0.3, -0.25) is 4.79 Å². The molecule has 4 aromatic rings. The molecule has 0 radical (unpaired) electrons. The highest BCUT2D eigenvalue weighted by atomic mass is 16.4. The first-order chi connectivity index (χ1) is 14.2. The van der Waals surface area contributed by atoms with E-state index in [2.05, 4.69) is 22.4 Å². The monoisotopic (exact) mass is 391 g/mol. The number of carbonyl (C=O) groups is 1. The van der Waals surface area contributed by atoms with Gasteiger partial charge in [0, 0.05) is 11.1 Å². The molecule has 1 amide bonds. The van der Waals surface area contributed by atoms with Crippen LogP contribution in [0.2, 0.25) is 0 Å². The lowest BCUT2D eigenvalue weighted by Crippen LogP contribution is -3.11. The summed E-state index contributed by atoms with van der Waals surface area (Å²) >= 11 is 0. The van der Waals surface area contributed by atoms with Gasteiger partial charge in [-0.2, -0.15) is 0 Å². The normalized spacial score (nSPS) is 12.2. The number of rotatable bonds is 8. The molecule has 2 N–H and O–H groups in total. The third kappa shape index (κ3) is 4.52. The summed E-state index contributed by atoms with van der Waals surface area (Å²) < 4.78 is 11.0. The molecule has 0 saturated carbocycles. The fourth-order valence-corrected chi connectivity index (χ4v) is 3.39. The van der Waals surface area contributed by atoms with Crippen molar-refractivity contribution in [2.75, 3.05) is 18.4 Å². The van der Waals surface area contributed by atoms with E-state index in [1.165, 1.54) is 0 Å². The Balaban J connectivity index is 1.43. The zero-order valence-electron chi connectivity index (χ0n) is 16.2. The molecule has 1 atom stereocenters. The minimum Gasteiger partial charge on any atom is -0.459 e. The van der Waals surface area contributed by atoms with Crippen molar-refractivity contribution in [3.63, 3.8) is 0 Å². The Hall–Kier alpha value is -3.45. The van der Waals surface area contributed by atoms with Crippen LogP contribution in [0.5, 0.6) is 0 Å². The lowest BCUT2D eigenvalue weighted by atomic mass is 10.1. The number of aromatic nitrogens is 2. The number of nitrogens with zero attached hydrogens (tertiary/aromatic N) is 2. The number of carbonyl (C=O) groups excluding carboxylic acids is 1. The minimum atomic E-state index is -0.0458. The Bertz CT molecular complexity index is 1080. The van der Waals surface area contributed by atoms with Gasteiger partial charge in [0.1, 0.15) is 0 Å². The van der Waals surface area contributed by atoms with Crippen molar-refractivity contribution in [1.82, 2.24) is 10.2 Å². The van der Waals surface area contributed by atoms with Crippen LogP contribution in [0.25, 0.3) is 22.4 Å². The van der Waals surface area contributed by atoms with E-state index in [0.29, 0.717) is 30.6 Å². The van der Waals surface area contributed by atoms with Crippen molar-refractivity contribution in [2.45, 2.75) is 19.9 Å². The van der Waals surface area contributed by atoms with E-state index in [9.17, 15) is 4.79 Å². The lowest BCUT2D eigenvalue weighted by molar-refractivity contribution is -0.907. The van der Waals surface area contributed by atoms with Gasteiger partial charge in [0.25, 0.3) is 17.7 Å². The topological polar surface area (TPSA) is 85.6 Å². The number of benzene rings is 2. The van der Waals surface area contributed by atoms with E-state index >= 15 is 0 Å². The van der Waals surface area contributed by atoms with Crippen LogP contribution in [0.4, 0.5) is 5.69 Å². The van der Waals surface area contributed by atoms with Gasteiger partial charge in [0.05, 0.1) is 12.8 Å². The van der Waals surface area contributed by atoms with Crippen LogP contribution < -0.4 is 10.2 Å². The Morgan fingerprint density at radius 1 is 1.07 bits per heavy atom. The van der Waals surface area contributed by atoms with E-state index in [-0.39, 0.29) is 5.91 Å². The maximum Gasteiger partial charge on any atom is 0.283 e. The van der Waals surface area contributed by atoms with Crippen molar-refractivity contribution in [1.29, 1.82) is 0 Å². The standard InChI is InChI=1S/C22H22N4O3/c1-2-12-26(15-21-24-25-22(29-21)19-11-6-13-28-19)14-20(27)23-18-10-5-8-16-7-3-4-9-17(16)18/h3-11,13H,2,12,14-15H2,1H3,(H,23,27)/p+1. The lowest BCUT2D eigenvalue weighted by Gasteiger charge is -2.17. The van der Waals surface area contributed by atoms with Gasteiger partial charge < -0.3 is 19.1 Å². The van der Waals surface area contributed by atoms with E-state index in [1.807, 2.05) is 42.5 Å². The van der Waals surface area contributed by atoms with Gasteiger partial charge in [-0.05, 0) is 30.0 Å². The minimum absolute atomic E-state index is 0.0458. The van der Waals surface area contributed by atoms with Crippen molar-refractivity contribution < 1.29 is 18.5 Å². The first-order valence-corrected chi connectivity index (χ1v) is 9.70. The van der Waals surface area contributed by atoms with E-state index in [4.69, 9.17) is 8.83 Å². The number of furan rings is 1. The van der Waals surface area contributed by atoms with E-state index in [1.54, 1.807) is 18.4 Å². The second-order valence-corrected chi connectivity index (χ2v) is 6.91. The molecule has 0 bridgehead atoms. The number of amides is 1. The Labute approximate surface area is 168 Å². The zero-order chi connectivity index (χ0) is 20.1. The third-order valence-corrected chi connectivity index (χ3v) is 4.68. The predicted molar refractivity (Wildman–Crippen MR) is 109 cm³/mol. The maximum absolute atomic E-state index is 12.7. The summed E-state index contributed by atoms with van der Waals surface area (Å²) in [5, 5.41) is 13.3. The first kappa shape index (κ1) is 18.9. The maximum atomic E-state index is 12.7. The van der Waals surface area contributed by atoms with Crippen LogP contribution in [0.15, 0.2) is 69.7 Å². The molecule has 2 aromatic heterocycles. The molecular weight excluding hydrogens is 368 g/mol. The fourth-order valence-electron chi connectivity index (χ4n) is 3.39. The smallest absolute Gasteiger partial charge is 0.283 e. The zero-order valence-corrected chi connectivity index (χ0v) is 16.2. The van der Waals surface area contributed by atoms with Crippen LogP contribution in [-0.4, -0.2) is 29.2 Å². The number of hydrogen-bond donors (Lipinski definition) is 2. The third-order valence-electron chi connectivity index (χ3n) is 4.68. The summed E-state index contributed by atoms with van der Waals surface area (Å²) in [6.45, 7) is 3.70. The summed E-state index contributed by atoms with van der Waals surface area (Å²) in [7, 11) is 0. The number of fused-ring (bicyclic) bond motifs is 1. The highest BCUT2D eigenvalue weighted by Crippen LogP contribution is 2.22. The van der Waals surface area contributed by atoms with Crippen LogP contribution in [0.3, 0.4) is 0 Å². The fraction of sp³-hybridized carbons (Fsp3) is 0.227. The summed E-state index contributed by atoms with van der Waals surface area (Å²) in [4.78, 5) is 13.8. The second-order valence-electron chi connectivity index (χ2n) is 6.91. The average molecular weight is 391 g/mol. The van der Waals surface area contributed by atoms with Gasteiger partial charge in [-0.1, -0.05) is 43.3 Å². The summed E-state index contributed by atoms with van der Waals surface area (Å²) in [6.07, 6.45) is 2.50. The highest BCUT2D eigenvalue weighted by Gasteiger charge is 2.19. The largest absolute Gasteiger partial charge is 0.459 e. The second kappa shape index (κ2) is 8.70. The number of nitrogens with one attached hydrogen (secondary N) is 2. The van der Waals surface area contributed by atoms with Crippen LogP contribution in [0, 0.1) is 0 Å². The SMILES string of the molecule is CCC[NH+](CC(=O)Nc1cccc2ccccc12)Cc1nnc(-c2ccco2)o1. The molecule has 1 unspecified atom stereocenters. The van der Waals surface area contributed by atoms with Crippen LogP contribution in [-0.2, 0) is 11.3 Å². The average Bonchev–Trinajstić information content (AvgIpc) is 3.40. The molecule has 0 aliphatic carbocycles. The number of quaternary nitrogens is 1. The molecule has 148 valence electrons. The van der Waals surface area contributed by atoms with Crippen molar-refractivity contribution >= 4 is 22.4 Å². The molecule has 4 rings (SSSR count). The van der Waals surface area contributed by atoms with Gasteiger partial charge in [-0.15, -0.1) is 10.2 Å². The van der Waals surface area contributed by atoms with Crippen molar-refractivity contribution in [2.24, 2.45) is 0 Å². The van der Waals surface area contributed by atoms with Crippen molar-refractivity contribution in [3.05, 3.63) is 66.8 Å². The summed E-state index contributed by atoms with van der Waals surface area (Å²) in [5.41, 5.74) is 0.821. The Morgan fingerprint density at radius 3 is 2.76 bits per heavy atom. The predicted octanol–water partition coefficient (Wildman–Crippen LogP) is 2.92. The number of hydrogen-bond acceptors (Lipinski definition) is 5. The molecule has 7 nitrogen and oxygen atoms in total. The molecule has 0 spiro atoms. The van der Waals surface area contributed by atoms with Crippen LogP contribution >= 0.6 is 0 Å². The Morgan fingerprint density at radius 2 is 1.93 bits per heavy atom. The molecular formula is C22H23N4O3+. The molecule has 0 fully saturated rings. The van der Waals surface area contributed by atoms with Crippen molar-refractivity contribution in [3.8, 4) is 11.7 Å². The highest BCUT2D eigenvalue weighted by molar-refractivity contribution is 6.02. The molecule has 2 aromatic carbocycles. The summed E-state index contributed by atoms with van der Waals surface area (Å²) in [6, 6.07) is 17.4. The quantitative estimate of drug-likeness (QED) is 0.482. The molecule has 0 aliphatic heterocycles. The first-order valence-electron chi connectivity index (χ1n) is 9.70. The van der Waals surface area contributed by atoms with E-state index in [0.717, 1.165) is 34.3 Å². The Kier molecular flexibility index (Phi) is 5.67.